The molecule has 6 aromatic rings. The highest BCUT2D eigenvalue weighted by Crippen LogP contribution is 2.27. The number of aromatic amines is 2. The van der Waals surface area contributed by atoms with Gasteiger partial charge in [-0.05, 0) is 50.2 Å². The van der Waals surface area contributed by atoms with Crippen LogP contribution >= 0.6 is 11.8 Å². The van der Waals surface area contributed by atoms with E-state index in [-0.39, 0.29) is 32.2 Å². The second-order valence-electron chi connectivity index (χ2n) is 10.1. The Morgan fingerprint density at radius 3 is 1.94 bits per heavy atom. The van der Waals surface area contributed by atoms with Crippen LogP contribution in [0.3, 0.4) is 0 Å². The second kappa shape index (κ2) is 17.0. The lowest BCUT2D eigenvalue weighted by atomic mass is 10.2. The van der Waals surface area contributed by atoms with Crippen molar-refractivity contribution in [1.29, 1.82) is 0 Å². The Bertz CT molecular complexity index is 2080. The van der Waals surface area contributed by atoms with Gasteiger partial charge in [-0.25, -0.2) is 9.97 Å². The fraction of sp³-hybridized carbons (Fsp3) is 0.294. The number of hydrogen-bond donors (Lipinski definition) is 2. The third-order valence-electron chi connectivity index (χ3n) is 6.97. The number of methoxy groups -OCH3 is 2. The van der Waals surface area contributed by atoms with Crippen molar-refractivity contribution in [3.05, 3.63) is 95.6 Å². The number of pyridine rings is 2. The lowest BCUT2D eigenvalue weighted by Gasteiger charge is -2.11. The summed E-state index contributed by atoms with van der Waals surface area (Å²) in [5.74, 6) is 2.06. The molecule has 13 heteroatoms. The van der Waals surface area contributed by atoms with Gasteiger partial charge in [0.05, 0.1) is 71.4 Å². The van der Waals surface area contributed by atoms with Crippen LogP contribution in [0.5, 0.6) is 11.5 Å². The largest absolute Gasteiger partial charge is 0.491 e. The van der Waals surface area contributed by atoms with E-state index in [1.165, 1.54) is 0 Å². The molecule has 0 radical (unpaired) electrons. The van der Waals surface area contributed by atoms with Gasteiger partial charge in [0.2, 0.25) is 0 Å². The van der Waals surface area contributed by atoms with Gasteiger partial charge in [-0.2, -0.15) is 0 Å². The molecule has 0 saturated carbocycles. The Kier molecular flexibility index (Phi) is 9.68. The Morgan fingerprint density at radius 1 is 0.745 bits per heavy atom. The second-order valence-corrected chi connectivity index (χ2v) is 12.4. The third-order valence-corrected chi connectivity index (χ3v) is 9.01. The molecule has 1 unspecified atom stereocenters. The van der Waals surface area contributed by atoms with Crippen molar-refractivity contribution in [2.75, 3.05) is 40.5 Å². The van der Waals surface area contributed by atoms with Gasteiger partial charge in [-0.15, -0.1) is 0 Å². The number of ether oxygens (including phenoxy) is 4. The molecule has 0 bridgehead atoms. The lowest BCUT2D eigenvalue weighted by Crippen LogP contribution is -2.08. The first-order valence-corrected chi connectivity index (χ1v) is 16.9. The standard InChI is InChI=1S/C17H19N3O3S.C17H19N3O2S/c1-12-15(18-8-7-16(12)23-10-9-22-2)11-24(21)17-19-13-5-3-4-6-14(13)20-17;1-12-15(18-8-7-16(12)22-10-9-21-2)11-23-17-19-13-5-3-4-6-14(13)20-17/h3-8H,9-11H2,1-2H3,(H,19,20);3-8H,9-11H2,1-2H3,(H,19,20)/i2*2D3. The first-order valence-electron chi connectivity index (χ1n) is 17.6. The molecule has 0 fully saturated rings. The van der Waals surface area contributed by atoms with Gasteiger partial charge in [0, 0.05) is 43.3 Å². The molecule has 1 atom stereocenters. The predicted molar refractivity (Wildman–Crippen MR) is 185 cm³/mol. The van der Waals surface area contributed by atoms with Crippen LogP contribution in [0.4, 0.5) is 0 Å². The maximum absolute atomic E-state index is 12.7. The van der Waals surface area contributed by atoms with Gasteiger partial charge in [-0.3, -0.25) is 14.2 Å². The number of H-pyrrole nitrogens is 2. The van der Waals surface area contributed by atoms with Gasteiger partial charge in [0.25, 0.3) is 0 Å². The average molecular weight is 681 g/mol. The third kappa shape index (κ3) is 9.16. The molecule has 4 aromatic heterocycles. The number of nitrogens with one attached hydrogen (secondary N) is 2. The molecule has 0 amide bonds. The highest BCUT2D eigenvalue weighted by Gasteiger charge is 2.15. The Hall–Kier alpha value is -4.30. The molecule has 0 saturated heterocycles. The molecular formula is C34H38N6O5S2. The number of rotatable bonds is 14. The summed E-state index contributed by atoms with van der Waals surface area (Å²) < 4.78 is 75.2. The molecule has 4 heterocycles. The number of para-hydroxylation sites is 4. The van der Waals surface area contributed by atoms with Gasteiger partial charge in [0.1, 0.15) is 24.7 Å². The fourth-order valence-corrected chi connectivity index (χ4v) is 6.48. The Morgan fingerprint density at radius 2 is 1.32 bits per heavy atom. The van der Waals surface area contributed by atoms with Gasteiger partial charge in [0.15, 0.2) is 10.3 Å². The van der Waals surface area contributed by atoms with Crippen LogP contribution in [-0.2, 0) is 31.8 Å². The molecule has 2 aromatic carbocycles. The smallest absolute Gasteiger partial charge is 0.197 e. The Labute approximate surface area is 288 Å². The number of hydrogen-bond acceptors (Lipinski definition) is 10. The minimum Gasteiger partial charge on any atom is -0.491 e. The maximum Gasteiger partial charge on any atom is 0.197 e. The van der Waals surface area contributed by atoms with Crippen LogP contribution in [0.1, 0.15) is 30.7 Å². The minimum atomic E-state index is -2.44. The molecular weight excluding hydrogens is 637 g/mol. The van der Waals surface area contributed by atoms with Crippen molar-refractivity contribution in [2.24, 2.45) is 0 Å². The quantitative estimate of drug-likeness (QED) is 0.101. The van der Waals surface area contributed by atoms with E-state index in [1.54, 1.807) is 36.3 Å². The fourth-order valence-electron chi connectivity index (χ4n) is 4.47. The molecule has 47 heavy (non-hydrogen) atoms. The summed E-state index contributed by atoms with van der Waals surface area (Å²) >= 11 is 1.57. The maximum atomic E-state index is 12.7. The predicted octanol–water partition coefficient (Wildman–Crippen LogP) is 6.18. The molecule has 246 valence electrons. The summed E-state index contributed by atoms with van der Waals surface area (Å²) in [4.78, 5) is 23.9. The van der Waals surface area contributed by atoms with Crippen molar-refractivity contribution >= 4 is 44.6 Å². The number of imidazole rings is 2. The van der Waals surface area contributed by atoms with Crippen molar-refractivity contribution in [1.82, 2.24) is 29.9 Å². The van der Waals surface area contributed by atoms with E-state index in [2.05, 4.69) is 34.6 Å². The number of thioether (sulfide) groups is 1. The summed E-state index contributed by atoms with van der Waals surface area (Å²) in [7, 11) is -6.23. The summed E-state index contributed by atoms with van der Waals surface area (Å²) in [6.07, 6.45) is 3.25. The molecule has 0 aliphatic heterocycles. The van der Waals surface area contributed by atoms with E-state index in [4.69, 9.17) is 22.4 Å². The van der Waals surface area contributed by atoms with Gasteiger partial charge >= 0.3 is 0 Å². The normalized spacial score (nSPS) is 14.2. The van der Waals surface area contributed by atoms with Crippen molar-refractivity contribution < 1.29 is 31.4 Å². The molecule has 0 aliphatic rings. The molecule has 0 spiro atoms. The van der Waals surface area contributed by atoms with E-state index < -0.39 is 24.9 Å². The number of benzene rings is 2. The summed E-state index contributed by atoms with van der Waals surface area (Å²) in [6, 6.07) is 18.8. The monoisotopic (exact) mass is 680 g/mol. The van der Waals surface area contributed by atoms with Crippen molar-refractivity contribution in [2.45, 2.75) is 35.7 Å². The summed E-state index contributed by atoms with van der Waals surface area (Å²) in [6.45, 7) is 3.95. The summed E-state index contributed by atoms with van der Waals surface area (Å²) in [5, 5.41) is 1.24. The van der Waals surface area contributed by atoms with Crippen LogP contribution in [0.25, 0.3) is 22.1 Å². The topological polar surface area (TPSA) is 137 Å². The minimum absolute atomic E-state index is 0.00132. The van der Waals surface area contributed by atoms with Crippen molar-refractivity contribution in [3.8, 4) is 11.5 Å². The van der Waals surface area contributed by atoms with E-state index in [1.807, 2.05) is 62.4 Å². The number of aromatic nitrogens is 6. The van der Waals surface area contributed by atoms with Crippen molar-refractivity contribution in [3.63, 3.8) is 0 Å². The summed E-state index contributed by atoms with van der Waals surface area (Å²) in [5.41, 5.74) is 6.72. The average Bonchev–Trinajstić information content (AvgIpc) is 3.74. The molecule has 11 nitrogen and oxygen atoms in total. The van der Waals surface area contributed by atoms with Gasteiger partial charge in [-0.1, -0.05) is 36.0 Å². The SMILES string of the molecule is [2H]C([2H])([2H])OCCOc1ccnc(CS(=O)c2nc3ccccc3[nH]2)c1C.[2H]C([2H])([2H])OCCOc1ccnc(CSc2nc3ccccc3[nH]2)c1C. The molecule has 0 aliphatic carbocycles. The van der Waals surface area contributed by atoms with E-state index in [0.29, 0.717) is 28.1 Å². The van der Waals surface area contributed by atoms with E-state index in [0.717, 1.165) is 44.0 Å². The van der Waals surface area contributed by atoms with Crippen LogP contribution in [0.2, 0.25) is 0 Å². The van der Waals surface area contributed by atoms with E-state index in [9.17, 15) is 4.21 Å². The zero-order valence-electron chi connectivity index (χ0n) is 31.8. The van der Waals surface area contributed by atoms with Crippen LogP contribution in [-0.4, -0.2) is 74.6 Å². The Balaban J connectivity index is 0.000000204. The molecule has 6 rings (SSSR count). The molecule has 2 N–H and O–H groups in total. The highest BCUT2D eigenvalue weighted by molar-refractivity contribution is 7.98. The zero-order valence-corrected chi connectivity index (χ0v) is 27.5. The zero-order chi connectivity index (χ0) is 38.0. The van der Waals surface area contributed by atoms with Crippen LogP contribution in [0, 0.1) is 13.8 Å². The number of fused-ring (bicyclic) bond motifs is 2. The van der Waals surface area contributed by atoms with Gasteiger partial charge < -0.3 is 28.9 Å². The first kappa shape index (κ1) is 26.7. The lowest BCUT2D eigenvalue weighted by molar-refractivity contribution is 0.146. The van der Waals surface area contributed by atoms with E-state index >= 15 is 0 Å². The highest BCUT2D eigenvalue weighted by atomic mass is 32.2. The first-order chi connectivity index (χ1) is 25.3. The number of nitrogens with zero attached hydrogens (tertiary/aromatic N) is 4. The van der Waals surface area contributed by atoms with Crippen LogP contribution in [0.15, 0.2) is 83.4 Å². The van der Waals surface area contributed by atoms with Crippen LogP contribution < -0.4 is 9.47 Å².